The summed E-state index contributed by atoms with van der Waals surface area (Å²) in [7, 11) is 1.93. The number of anilines is 3. The molecule has 0 radical (unpaired) electrons. The Kier molecular flexibility index (Phi) is 4.74. The third-order valence-corrected chi connectivity index (χ3v) is 3.74. The highest BCUT2D eigenvalue weighted by atomic mass is 16.2. The van der Waals surface area contributed by atoms with Crippen LogP contribution in [0.4, 0.5) is 22.1 Å². The Balaban J connectivity index is 1.89. The number of urea groups is 1. The number of rotatable bonds is 4. The lowest BCUT2D eigenvalue weighted by Crippen LogP contribution is -2.28. The summed E-state index contributed by atoms with van der Waals surface area (Å²) in [4.78, 5) is 26.9. The van der Waals surface area contributed by atoms with Crippen molar-refractivity contribution in [3.63, 3.8) is 0 Å². The van der Waals surface area contributed by atoms with Gasteiger partial charge < -0.3 is 10.2 Å². The number of pyridine rings is 1. The van der Waals surface area contributed by atoms with Gasteiger partial charge in [0.25, 0.3) is 0 Å². The molecule has 0 saturated heterocycles. The number of benzene rings is 1. The molecule has 0 bridgehead atoms. The zero-order chi connectivity index (χ0) is 17.8. The van der Waals surface area contributed by atoms with Gasteiger partial charge in [-0.25, -0.2) is 19.7 Å². The number of fused-ring (bicyclic) bond motifs is 1. The van der Waals surface area contributed by atoms with Gasteiger partial charge in [0.15, 0.2) is 11.5 Å². The number of hydrogen-bond donors (Lipinski definition) is 2. The third kappa shape index (κ3) is 3.82. The Labute approximate surface area is 146 Å². The quantitative estimate of drug-likeness (QED) is 0.764. The SMILES string of the molecule is CCNC(=O)Nc1ccc2ncc(N(C)c3ccc(C)cc3)nc2n1. The second-order valence-electron chi connectivity index (χ2n) is 5.65. The molecule has 25 heavy (non-hydrogen) atoms. The zero-order valence-electron chi connectivity index (χ0n) is 14.4. The first-order valence-electron chi connectivity index (χ1n) is 8.06. The van der Waals surface area contributed by atoms with Gasteiger partial charge in [-0.1, -0.05) is 17.7 Å². The summed E-state index contributed by atoms with van der Waals surface area (Å²) < 4.78 is 0. The molecule has 0 atom stereocenters. The molecular weight excluding hydrogens is 316 g/mol. The molecule has 2 amide bonds. The van der Waals surface area contributed by atoms with Crippen molar-refractivity contribution < 1.29 is 4.79 Å². The average molecular weight is 336 g/mol. The first kappa shape index (κ1) is 16.6. The summed E-state index contributed by atoms with van der Waals surface area (Å²) in [6.07, 6.45) is 1.71. The van der Waals surface area contributed by atoms with Crippen LogP contribution in [0.15, 0.2) is 42.6 Å². The minimum Gasteiger partial charge on any atom is -0.338 e. The van der Waals surface area contributed by atoms with Crippen LogP contribution in [0.25, 0.3) is 11.2 Å². The maximum atomic E-state index is 11.6. The maximum Gasteiger partial charge on any atom is 0.320 e. The molecule has 0 saturated carbocycles. The van der Waals surface area contributed by atoms with E-state index < -0.39 is 0 Å². The van der Waals surface area contributed by atoms with Crippen LogP contribution in [0.3, 0.4) is 0 Å². The molecule has 0 aliphatic carbocycles. The van der Waals surface area contributed by atoms with E-state index >= 15 is 0 Å². The first-order chi connectivity index (χ1) is 12.1. The third-order valence-electron chi connectivity index (χ3n) is 3.74. The Morgan fingerprint density at radius 3 is 2.60 bits per heavy atom. The predicted octanol–water partition coefficient (Wildman–Crippen LogP) is 3.24. The summed E-state index contributed by atoms with van der Waals surface area (Å²) >= 11 is 0. The van der Waals surface area contributed by atoms with Gasteiger partial charge in [-0.3, -0.25) is 5.32 Å². The second-order valence-corrected chi connectivity index (χ2v) is 5.65. The fourth-order valence-corrected chi connectivity index (χ4v) is 2.34. The van der Waals surface area contributed by atoms with Crippen molar-refractivity contribution in [1.82, 2.24) is 20.3 Å². The average Bonchev–Trinajstić information content (AvgIpc) is 2.61. The monoisotopic (exact) mass is 336 g/mol. The molecule has 1 aromatic carbocycles. The normalized spacial score (nSPS) is 10.5. The van der Waals surface area contributed by atoms with Crippen LogP contribution in [0, 0.1) is 6.92 Å². The molecule has 0 aliphatic rings. The van der Waals surface area contributed by atoms with E-state index in [4.69, 9.17) is 0 Å². The maximum absolute atomic E-state index is 11.6. The van der Waals surface area contributed by atoms with E-state index in [1.165, 1.54) is 5.56 Å². The van der Waals surface area contributed by atoms with E-state index in [0.717, 1.165) is 5.69 Å². The predicted molar refractivity (Wildman–Crippen MR) is 99.3 cm³/mol. The number of carbonyl (C=O) groups is 1. The smallest absolute Gasteiger partial charge is 0.320 e. The van der Waals surface area contributed by atoms with E-state index in [2.05, 4.69) is 25.6 Å². The van der Waals surface area contributed by atoms with Crippen LogP contribution in [-0.2, 0) is 0 Å². The van der Waals surface area contributed by atoms with Gasteiger partial charge in [-0.05, 0) is 38.1 Å². The molecule has 0 unspecified atom stereocenters. The molecule has 2 heterocycles. The molecular formula is C18H20N6O. The van der Waals surface area contributed by atoms with Crippen LogP contribution in [0.5, 0.6) is 0 Å². The Morgan fingerprint density at radius 2 is 1.88 bits per heavy atom. The number of aromatic nitrogens is 3. The lowest BCUT2D eigenvalue weighted by Gasteiger charge is -2.18. The first-order valence-corrected chi connectivity index (χ1v) is 8.06. The molecule has 0 aliphatic heterocycles. The van der Waals surface area contributed by atoms with Crippen LogP contribution in [0.1, 0.15) is 12.5 Å². The lowest BCUT2D eigenvalue weighted by atomic mass is 10.2. The van der Waals surface area contributed by atoms with Gasteiger partial charge in [0.05, 0.1) is 6.20 Å². The molecule has 2 aromatic heterocycles. The summed E-state index contributed by atoms with van der Waals surface area (Å²) in [5.41, 5.74) is 3.36. The highest BCUT2D eigenvalue weighted by Crippen LogP contribution is 2.23. The molecule has 128 valence electrons. The van der Waals surface area contributed by atoms with E-state index in [1.807, 2.05) is 50.1 Å². The largest absolute Gasteiger partial charge is 0.338 e. The van der Waals surface area contributed by atoms with Gasteiger partial charge in [0.1, 0.15) is 11.3 Å². The Bertz CT molecular complexity index is 894. The van der Waals surface area contributed by atoms with Crippen molar-refractivity contribution in [3.05, 3.63) is 48.2 Å². The van der Waals surface area contributed by atoms with Crippen molar-refractivity contribution in [1.29, 1.82) is 0 Å². The van der Waals surface area contributed by atoms with E-state index in [1.54, 1.807) is 18.3 Å². The molecule has 2 N–H and O–H groups in total. The van der Waals surface area contributed by atoms with Crippen molar-refractivity contribution in [3.8, 4) is 0 Å². The van der Waals surface area contributed by atoms with E-state index in [9.17, 15) is 4.79 Å². The Hall–Kier alpha value is -3.22. The summed E-state index contributed by atoms with van der Waals surface area (Å²) in [6.45, 7) is 4.45. The van der Waals surface area contributed by atoms with Gasteiger partial charge in [-0.15, -0.1) is 0 Å². The number of hydrogen-bond acceptors (Lipinski definition) is 5. The van der Waals surface area contributed by atoms with Gasteiger partial charge in [-0.2, -0.15) is 0 Å². The highest BCUT2D eigenvalue weighted by molar-refractivity contribution is 5.89. The van der Waals surface area contributed by atoms with E-state index in [-0.39, 0.29) is 6.03 Å². The molecule has 0 fully saturated rings. The fraction of sp³-hybridized carbons (Fsp3) is 0.222. The Morgan fingerprint density at radius 1 is 1.12 bits per heavy atom. The van der Waals surface area contributed by atoms with Crippen LogP contribution < -0.4 is 15.5 Å². The van der Waals surface area contributed by atoms with Crippen molar-refractivity contribution in [2.75, 3.05) is 23.8 Å². The number of nitrogens with one attached hydrogen (secondary N) is 2. The molecule has 7 nitrogen and oxygen atoms in total. The van der Waals surface area contributed by atoms with Crippen molar-refractivity contribution in [2.45, 2.75) is 13.8 Å². The molecule has 0 spiro atoms. The summed E-state index contributed by atoms with van der Waals surface area (Å²) in [5.74, 6) is 1.11. The summed E-state index contributed by atoms with van der Waals surface area (Å²) in [6, 6.07) is 11.3. The second kappa shape index (κ2) is 7.12. The minimum absolute atomic E-state index is 0.296. The number of nitrogens with zero attached hydrogens (tertiary/aromatic N) is 4. The fourth-order valence-electron chi connectivity index (χ4n) is 2.34. The highest BCUT2D eigenvalue weighted by Gasteiger charge is 2.09. The molecule has 7 heteroatoms. The van der Waals surface area contributed by atoms with Crippen molar-refractivity contribution >= 4 is 34.5 Å². The van der Waals surface area contributed by atoms with Gasteiger partial charge in [0.2, 0.25) is 0 Å². The number of carbonyl (C=O) groups excluding carboxylic acids is 1. The number of amides is 2. The van der Waals surface area contributed by atoms with Crippen LogP contribution >= 0.6 is 0 Å². The van der Waals surface area contributed by atoms with Crippen molar-refractivity contribution in [2.24, 2.45) is 0 Å². The van der Waals surface area contributed by atoms with Gasteiger partial charge >= 0.3 is 6.03 Å². The van der Waals surface area contributed by atoms with E-state index in [0.29, 0.717) is 29.3 Å². The lowest BCUT2D eigenvalue weighted by molar-refractivity contribution is 0.252. The molecule has 3 aromatic rings. The topological polar surface area (TPSA) is 83.0 Å². The summed E-state index contributed by atoms with van der Waals surface area (Å²) in [5, 5.41) is 5.34. The minimum atomic E-state index is -0.296. The van der Waals surface area contributed by atoms with Gasteiger partial charge in [0, 0.05) is 19.3 Å². The van der Waals surface area contributed by atoms with Crippen LogP contribution in [0.2, 0.25) is 0 Å². The van der Waals surface area contributed by atoms with Crippen LogP contribution in [-0.4, -0.2) is 34.6 Å². The standard InChI is InChI=1S/C18H20N6O/c1-4-19-18(25)22-15-10-9-14-17(21-15)23-16(11-20-14)24(3)13-7-5-12(2)6-8-13/h5-11H,4H2,1-3H3,(H2,19,21,22,23,25). The molecule has 3 rings (SSSR count). The number of aryl methyl sites for hydroxylation is 1. The zero-order valence-corrected chi connectivity index (χ0v) is 14.4.